The van der Waals surface area contributed by atoms with Crippen LogP contribution in [-0.2, 0) is 16.1 Å². The first-order valence-electron chi connectivity index (χ1n) is 10.5. The summed E-state index contributed by atoms with van der Waals surface area (Å²) < 4.78 is 47.0. The van der Waals surface area contributed by atoms with Crippen LogP contribution in [0.4, 0.5) is 18.9 Å². The van der Waals surface area contributed by atoms with E-state index < -0.39 is 11.8 Å². The summed E-state index contributed by atoms with van der Waals surface area (Å²) in [5.74, 6) is -0.242. The van der Waals surface area contributed by atoms with Crippen LogP contribution in [0.25, 0.3) is 0 Å². The van der Waals surface area contributed by atoms with Crippen molar-refractivity contribution in [2.45, 2.75) is 58.1 Å². The largest absolute Gasteiger partial charge is 0.573 e. The lowest BCUT2D eigenvalue weighted by Gasteiger charge is -2.35. The summed E-state index contributed by atoms with van der Waals surface area (Å²) in [7, 11) is 0. The summed E-state index contributed by atoms with van der Waals surface area (Å²) in [5.41, 5.74) is 2.06. The number of alkyl halides is 3. The zero-order valence-corrected chi connectivity index (χ0v) is 17.3. The highest BCUT2D eigenvalue weighted by atomic mass is 19.4. The van der Waals surface area contributed by atoms with E-state index in [2.05, 4.69) is 9.72 Å². The Hall–Kier alpha value is -2.61. The number of aromatic nitrogens is 1. The normalized spacial score (nSPS) is 24.1. The molecule has 1 saturated carbocycles. The number of halogens is 3. The van der Waals surface area contributed by atoms with E-state index in [0.29, 0.717) is 18.8 Å². The van der Waals surface area contributed by atoms with Gasteiger partial charge in [-0.3, -0.25) is 9.78 Å². The smallest absolute Gasteiger partial charge is 0.406 e. The van der Waals surface area contributed by atoms with Crippen LogP contribution in [0.3, 0.4) is 0 Å². The van der Waals surface area contributed by atoms with E-state index >= 15 is 0 Å². The Morgan fingerprint density at radius 1 is 1.10 bits per heavy atom. The molecule has 1 aliphatic carbocycles. The molecule has 2 aliphatic rings. The molecule has 166 valence electrons. The Bertz CT molecular complexity index is 922. The van der Waals surface area contributed by atoms with Gasteiger partial charge in [-0.05, 0) is 75.4 Å². The predicted molar refractivity (Wildman–Crippen MR) is 109 cm³/mol. The number of rotatable bonds is 5. The van der Waals surface area contributed by atoms with E-state index in [-0.39, 0.29) is 17.8 Å². The van der Waals surface area contributed by atoms with Crippen molar-refractivity contribution < 1.29 is 27.4 Å². The highest BCUT2D eigenvalue weighted by Gasteiger charge is 2.48. The van der Waals surface area contributed by atoms with Gasteiger partial charge in [0.15, 0.2) is 0 Å². The van der Waals surface area contributed by atoms with Crippen LogP contribution < -0.4 is 9.64 Å². The first-order valence-corrected chi connectivity index (χ1v) is 10.5. The molecule has 1 aromatic carbocycles. The van der Waals surface area contributed by atoms with Crippen LogP contribution in [0.15, 0.2) is 42.5 Å². The second kappa shape index (κ2) is 8.49. The fraction of sp³-hybridized carbons (Fsp3) is 0.478. The average molecular weight is 434 g/mol. The number of anilines is 1. The van der Waals surface area contributed by atoms with Crippen molar-refractivity contribution in [3.8, 4) is 5.75 Å². The Kier molecular flexibility index (Phi) is 5.92. The standard InChI is InChI=1S/C23H25F3N2O3/c1-16-3-2-4-17(27-16)15-30-19-9-11-22(12-10-19)13-14-28(21(22)29)18-5-7-20(8-6-18)31-23(24,25)26/h2-8,19H,9-15H2,1H3. The number of ether oxygens (including phenoxy) is 2. The fourth-order valence-electron chi connectivity index (χ4n) is 4.55. The van der Waals surface area contributed by atoms with Gasteiger partial charge < -0.3 is 14.4 Å². The van der Waals surface area contributed by atoms with Crippen LogP contribution in [0.2, 0.25) is 0 Å². The van der Waals surface area contributed by atoms with Crippen LogP contribution in [0.5, 0.6) is 5.75 Å². The van der Waals surface area contributed by atoms with Crippen molar-refractivity contribution in [1.82, 2.24) is 4.98 Å². The number of carbonyl (C=O) groups is 1. The van der Waals surface area contributed by atoms with Crippen LogP contribution in [0, 0.1) is 12.3 Å². The molecule has 1 saturated heterocycles. The molecule has 4 rings (SSSR count). The van der Waals surface area contributed by atoms with Gasteiger partial charge in [-0.15, -0.1) is 13.2 Å². The Labute approximate surface area is 179 Å². The number of nitrogens with zero attached hydrogens (tertiary/aromatic N) is 2. The summed E-state index contributed by atoms with van der Waals surface area (Å²) >= 11 is 0. The highest BCUT2D eigenvalue weighted by Crippen LogP contribution is 2.46. The van der Waals surface area contributed by atoms with Gasteiger partial charge in [0.25, 0.3) is 0 Å². The number of pyridine rings is 1. The SMILES string of the molecule is Cc1cccc(COC2CCC3(CC2)CCN(c2ccc(OC(F)(F)F)cc2)C3=O)n1. The third-order valence-electron chi connectivity index (χ3n) is 6.20. The Morgan fingerprint density at radius 2 is 1.81 bits per heavy atom. The minimum atomic E-state index is -4.73. The Morgan fingerprint density at radius 3 is 2.45 bits per heavy atom. The van der Waals surface area contributed by atoms with E-state index in [1.165, 1.54) is 24.3 Å². The van der Waals surface area contributed by atoms with E-state index in [9.17, 15) is 18.0 Å². The third kappa shape index (κ3) is 5.01. The monoisotopic (exact) mass is 434 g/mol. The molecule has 2 aromatic rings. The maximum absolute atomic E-state index is 13.2. The Balaban J connectivity index is 1.33. The second-order valence-corrected chi connectivity index (χ2v) is 8.31. The number of aryl methyl sites for hydroxylation is 1. The van der Waals surface area contributed by atoms with Gasteiger partial charge in [0.05, 0.1) is 23.8 Å². The van der Waals surface area contributed by atoms with Gasteiger partial charge >= 0.3 is 6.36 Å². The van der Waals surface area contributed by atoms with Gasteiger partial charge in [-0.1, -0.05) is 6.07 Å². The summed E-state index contributed by atoms with van der Waals surface area (Å²) in [4.78, 5) is 19.3. The number of carbonyl (C=O) groups excluding carboxylic acids is 1. The second-order valence-electron chi connectivity index (χ2n) is 8.31. The molecule has 2 heterocycles. The molecule has 0 radical (unpaired) electrons. The number of hydrogen-bond acceptors (Lipinski definition) is 4. The molecule has 0 N–H and O–H groups in total. The zero-order valence-electron chi connectivity index (χ0n) is 17.3. The van der Waals surface area contributed by atoms with E-state index in [1.807, 2.05) is 25.1 Å². The third-order valence-corrected chi connectivity index (χ3v) is 6.20. The quantitative estimate of drug-likeness (QED) is 0.652. The maximum atomic E-state index is 13.2. The van der Waals surface area contributed by atoms with Crippen molar-refractivity contribution in [3.05, 3.63) is 53.9 Å². The van der Waals surface area contributed by atoms with Gasteiger partial charge in [0.2, 0.25) is 5.91 Å². The van der Waals surface area contributed by atoms with Crippen LogP contribution >= 0.6 is 0 Å². The molecule has 2 fully saturated rings. The van der Waals surface area contributed by atoms with Crippen molar-refractivity contribution >= 4 is 11.6 Å². The molecule has 0 bridgehead atoms. The van der Waals surface area contributed by atoms with Crippen LogP contribution in [0.1, 0.15) is 43.5 Å². The van der Waals surface area contributed by atoms with Gasteiger partial charge in [-0.2, -0.15) is 0 Å². The lowest BCUT2D eigenvalue weighted by atomic mass is 9.72. The molecule has 1 amide bonds. The molecule has 1 aromatic heterocycles. The van der Waals surface area contributed by atoms with E-state index in [0.717, 1.165) is 43.5 Å². The summed E-state index contributed by atoms with van der Waals surface area (Å²) in [5, 5.41) is 0. The number of hydrogen-bond donors (Lipinski definition) is 0. The highest BCUT2D eigenvalue weighted by molar-refractivity contribution is 6.00. The summed E-state index contributed by atoms with van der Waals surface area (Å²) in [6.07, 6.45) is -0.751. The first-order chi connectivity index (χ1) is 14.7. The topological polar surface area (TPSA) is 51.7 Å². The first kappa shape index (κ1) is 21.6. The molecule has 5 nitrogen and oxygen atoms in total. The zero-order chi connectivity index (χ0) is 22.1. The summed E-state index contributed by atoms with van der Waals surface area (Å²) in [6.45, 7) is 2.98. The predicted octanol–water partition coefficient (Wildman–Crippen LogP) is 5.17. The fourth-order valence-corrected chi connectivity index (χ4v) is 4.55. The van der Waals surface area contributed by atoms with Gasteiger partial charge in [-0.25, -0.2) is 0 Å². The molecule has 1 aliphatic heterocycles. The van der Waals surface area contributed by atoms with Crippen molar-refractivity contribution in [2.75, 3.05) is 11.4 Å². The van der Waals surface area contributed by atoms with Gasteiger partial charge in [0, 0.05) is 17.9 Å². The lowest BCUT2D eigenvalue weighted by Crippen LogP contribution is -2.39. The van der Waals surface area contributed by atoms with Crippen molar-refractivity contribution in [3.63, 3.8) is 0 Å². The maximum Gasteiger partial charge on any atom is 0.573 e. The minimum Gasteiger partial charge on any atom is -0.406 e. The molecule has 31 heavy (non-hydrogen) atoms. The van der Waals surface area contributed by atoms with Crippen molar-refractivity contribution in [1.29, 1.82) is 0 Å². The molecular formula is C23H25F3N2O3. The van der Waals surface area contributed by atoms with Crippen molar-refractivity contribution in [2.24, 2.45) is 5.41 Å². The number of amides is 1. The van der Waals surface area contributed by atoms with Crippen LogP contribution in [-0.4, -0.2) is 29.9 Å². The molecular weight excluding hydrogens is 409 g/mol. The molecule has 8 heteroatoms. The average Bonchev–Trinajstić information content (AvgIpc) is 3.03. The van der Waals surface area contributed by atoms with E-state index in [1.54, 1.807) is 4.90 Å². The summed E-state index contributed by atoms with van der Waals surface area (Å²) in [6, 6.07) is 11.3. The molecule has 1 spiro atoms. The lowest BCUT2D eigenvalue weighted by molar-refractivity contribution is -0.274. The molecule has 0 unspecified atom stereocenters. The van der Waals surface area contributed by atoms with Gasteiger partial charge in [0.1, 0.15) is 5.75 Å². The minimum absolute atomic E-state index is 0.0517. The number of benzene rings is 1. The molecule has 0 atom stereocenters. The van der Waals surface area contributed by atoms with E-state index in [4.69, 9.17) is 4.74 Å².